The number of aryl methyl sites for hydroxylation is 2. The third-order valence-corrected chi connectivity index (χ3v) is 6.11. The lowest BCUT2D eigenvalue weighted by Gasteiger charge is -2.05. The fourth-order valence-corrected chi connectivity index (χ4v) is 4.97. The Morgan fingerprint density at radius 1 is 1.19 bits per heavy atom. The molecule has 1 amide bonds. The molecule has 4 aromatic rings. The second kappa shape index (κ2) is 7.01. The molecule has 0 fully saturated rings. The smallest absolute Gasteiger partial charge is 0.234 e. The van der Waals surface area contributed by atoms with Crippen molar-refractivity contribution in [3.63, 3.8) is 0 Å². The Morgan fingerprint density at radius 2 is 2.00 bits per heavy atom. The van der Waals surface area contributed by atoms with Crippen molar-refractivity contribution >= 4 is 55.1 Å². The molecule has 4 rings (SSSR count). The van der Waals surface area contributed by atoms with Gasteiger partial charge in [-0.2, -0.15) is 0 Å². The number of hydrogen-bond donors (Lipinski definition) is 1. The summed E-state index contributed by atoms with van der Waals surface area (Å²) in [6.45, 7) is 4.07. The number of aromatic nitrogens is 3. The van der Waals surface area contributed by atoms with Crippen LogP contribution in [0.5, 0.6) is 0 Å². The third kappa shape index (κ3) is 3.27. The van der Waals surface area contributed by atoms with Gasteiger partial charge in [0.15, 0.2) is 0 Å². The Labute approximate surface area is 158 Å². The highest BCUT2D eigenvalue weighted by molar-refractivity contribution is 8.00. The molecule has 0 bridgehead atoms. The molecule has 1 N–H and O–H groups in total. The summed E-state index contributed by atoms with van der Waals surface area (Å²) in [5.74, 6) is 0.236. The molecule has 26 heavy (non-hydrogen) atoms. The number of carbonyl (C=O) groups is 1. The van der Waals surface area contributed by atoms with Crippen molar-refractivity contribution in [1.82, 2.24) is 15.0 Å². The first-order valence-electron chi connectivity index (χ1n) is 8.11. The SMILES string of the molecule is Cc1cc(C)c2c(n1)sc1c(SCC(=O)Nc3ccccc3)ncnc12. The van der Waals surface area contributed by atoms with Gasteiger partial charge in [-0.15, -0.1) is 11.3 Å². The number of nitrogens with zero attached hydrogens (tertiary/aromatic N) is 3. The number of para-hydroxylation sites is 1. The molecule has 3 heterocycles. The summed E-state index contributed by atoms with van der Waals surface area (Å²) >= 11 is 3.01. The zero-order chi connectivity index (χ0) is 18.1. The second-order valence-electron chi connectivity index (χ2n) is 5.92. The molecule has 0 spiro atoms. The van der Waals surface area contributed by atoms with Crippen LogP contribution >= 0.6 is 23.1 Å². The van der Waals surface area contributed by atoms with E-state index in [2.05, 4.69) is 33.3 Å². The van der Waals surface area contributed by atoms with Crippen molar-refractivity contribution in [1.29, 1.82) is 0 Å². The van der Waals surface area contributed by atoms with Crippen LogP contribution < -0.4 is 5.32 Å². The maximum atomic E-state index is 12.2. The second-order valence-corrected chi connectivity index (χ2v) is 7.89. The van der Waals surface area contributed by atoms with Crippen molar-refractivity contribution in [3.05, 3.63) is 54.0 Å². The number of nitrogens with one attached hydrogen (secondary N) is 1. The first-order valence-corrected chi connectivity index (χ1v) is 9.91. The minimum atomic E-state index is -0.0563. The Bertz CT molecular complexity index is 1110. The summed E-state index contributed by atoms with van der Waals surface area (Å²) < 4.78 is 0.987. The fraction of sp³-hybridized carbons (Fsp3) is 0.158. The molecule has 0 saturated heterocycles. The van der Waals surface area contributed by atoms with Crippen LogP contribution in [0.4, 0.5) is 5.69 Å². The lowest BCUT2D eigenvalue weighted by Crippen LogP contribution is -2.13. The van der Waals surface area contributed by atoms with Gasteiger partial charge in [0.05, 0.1) is 16.0 Å². The largest absolute Gasteiger partial charge is 0.325 e. The van der Waals surface area contributed by atoms with E-state index in [9.17, 15) is 4.79 Å². The molecule has 0 aliphatic rings. The van der Waals surface area contributed by atoms with Gasteiger partial charge in [0.2, 0.25) is 5.91 Å². The Kier molecular flexibility index (Phi) is 4.57. The summed E-state index contributed by atoms with van der Waals surface area (Å²) in [6.07, 6.45) is 1.56. The maximum absolute atomic E-state index is 12.2. The van der Waals surface area contributed by atoms with E-state index in [0.717, 1.165) is 42.4 Å². The number of amides is 1. The average Bonchev–Trinajstić information content (AvgIpc) is 2.99. The van der Waals surface area contributed by atoms with E-state index >= 15 is 0 Å². The minimum Gasteiger partial charge on any atom is -0.325 e. The number of thioether (sulfide) groups is 1. The van der Waals surface area contributed by atoms with Crippen molar-refractivity contribution < 1.29 is 4.79 Å². The summed E-state index contributed by atoms with van der Waals surface area (Å²) in [5.41, 5.74) is 3.86. The molecule has 0 atom stereocenters. The normalized spacial score (nSPS) is 11.2. The predicted octanol–water partition coefficient (Wildman–Crippen LogP) is 4.59. The zero-order valence-electron chi connectivity index (χ0n) is 14.3. The number of carbonyl (C=O) groups excluding carboxylic acids is 1. The Balaban J connectivity index is 1.61. The van der Waals surface area contributed by atoms with E-state index in [1.807, 2.05) is 37.3 Å². The van der Waals surface area contributed by atoms with Gasteiger partial charge >= 0.3 is 0 Å². The highest BCUT2D eigenvalue weighted by Crippen LogP contribution is 2.37. The van der Waals surface area contributed by atoms with E-state index in [1.54, 1.807) is 17.7 Å². The number of fused-ring (bicyclic) bond motifs is 3. The van der Waals surface area contributed by atoms with Crippen LogP contribution in [0, 0.1) is 13.8 Å². The number of benzene rings is 1. The van der Waals surface area contributed by atoms with E-state index in [1.165, 1.54) is 11.8 Å². The molecular formula is C19H16N4OS2. The van der Waals surface area contributed by atoms with Crippen LogP contribution in [-0.4, -0.2) is 26.6 Å². The number of anilines is 1. The summed E-state index contributed by atoms with van der Waals surface area (Å²) in [5, 5.41) is 4.79. The van der Waals surface area contributed by atoms with Gasteiger partial charge in [0, 0.05) is 16.8 Å². The van der Waals surface area contributed by atoms with E-state index in [0.29, 0.717) is 5.75 Å². The predicted molar refractivity (Wildman–Crippen MR) is 108 cm³/mol. The number of rotatable bonds is 4. The fourth-order valence-electron chi connectivity index (χ4n) is 2.84. The molecular weight excluding hydrogens is 364 g/mol. The first kappa shape index (κ1) is 16.9. The van der Waals surface area contributed by atoms with Crippen LogP contribution in [0.15, 0.2) is 47.8 Å². The van der Waals surface area contributed by atoms with E-state index < -0.39 is 0 Å². The van der Waals surface area contributed by atoms with Crippen molar-refractivity contribution in [2.75, 3.05) is 11.1 Å². The Morgan fingerprint density at radius 3 is 2.81 bits per heavy atom. The maximum Gasteiger partial charge on any atom is 0.234 e. The third-order valence-electron chi connectivity index (χ3n) is 3.92. The molecule has 3 aromatic heterocycles. The van der Waals surface area contributed by atoms with Crippen LogP contribution in [0.3, 0.4) is 0 Å². The van der Waals surface area contributed by atoms with Gasteiger partial charge in [-0.05, 0) is 37.6 Å². The summed E-state index contributed by atoms with van der Waals surface area (Å²) in [4.78, 5) is 26.7. The van der Waals surface area contributed by atoms with E-state index in [4.69, 9.17) is 0 Å². The van der Waals surface area contributed by atoms with Crippen molar-refractivity contribution in [2.24, 2.45) is 0 Å². The van der Waals surface area contributed by atoms with Crippen LogP contribution in [-0.2, 0) is 4.79 Å². The Hall–Kier alpha value is -2.51. The van der Waals surface area contributed by atoms with Crippen molar-refractivity contribution in [3.8, 4) is 0 Å². The molecule has 1 aromatic carbocycles. The van der Waals surface area contributed by atoms with Gasteiger partial charge in [0.25, 0.3) is 0 Å². The molecule has 130 valence electrons. The highest BCUT2D eigenvalue weighted by Gasteiger charge is 2.15. The molecule has 0 aliphatic carbocycles. The molecule has 0 unspecified atom stereocenters. The lowest BCUT2D eigenvalue weighted by atomic mass is 10.1. The summed E-state index contributed by atoms with van der Waals surface area (Å²) in [6, 6.07) is 11.5. The van der Waals surface area contributed by atoms with E-state index in [-0.39, 0.29) is 5.91 Å². The highest BCUT2D eigenvalue weighted by atomic mass is 32.2. The average molecular weight is 380 g/mol. The van der Waals surface area contributed by atoms with Crippen LogP contribution in [0.2, 0.25) is 0 Å². The number of thiophene rings is 1. The minimum absolute atomic E-state index is 0.0563. The molecule has 0 radical (unpaired) electrons. The topological polar surface area (TPSA) is 67.8 Å². The lowest BCUT2D eigenvalue weighted by molar-refractivity contribution is -0.113. The van der Waals surface area contributed by atoms with Gasteiger partial charge in [0.1, 0.15) is 16.2 Å². The quantitative estimate of drug-likeness (QED) is 0.414. The van der Waals surface area contributed by atoms with Gasteiger partial charge in [-0.1, -0.05) is 30.0 Å². The molecule has 7 heteroatoms. The summed E-state index contributed by atoms with van der Waals surface area (Å²) in [7, 11) is 0. The van der Waals surface area contributed by atoms with Crippen LogP contribution in [0.1, 0.15) is 11.3 Å². The number of pyridine rings is 1. The van der Waals surface area contributed by atoms with Gasteiger partial charge < -0.3 is 5.32 Å². The standard InChI is InChI=1S/C19H16N4OS2/c1-11-8-12(2)22-18-15(11)16-17(26-18)19(21-10-20-16)25-9-14(24)23-13-6-4-3-5-7-13/h3-8,10H,9H2,1-2H3,(H,23,24). The monoisotopic (exact) mass is 380 g/mol. The van der Waals surface area contributed by atoms with Crippen molar-refractivity contribution in [2.45, 2.75) is 18.9 Å². The first-order chi connectivity index (χ1) is 12.6. The van der Waals surface area contributed by atoms with Gasteiger partial charge in [-0.3, -0.25) is 4.79 Å². The van der Waals surface area contributed by atoms with Crippen LogP contribution in [0.25, 0.3) is 20.4 Å². The molecule has 5 nitrogen and oxygen atoms in total. The molecule has 0 aliphatic heterocycles. The zero-order valence-corrected chi connectivity index (χ0v) is 15.9. The number of hydrogen-bond acceptors (Lipinski definition) is 6. The van der Waals surface area contributed by atoms with Gasteiger partial charge in [-0.25, -0.2) is 15.0 Å². The molecule has 0 saturated carbocycles.